The first-order valence-corrected chi connectivity index (χ1v) is 7.49. The fraction of sp³-hybridized carbons (Fsp3) is 0.500. The largest absolute Gasteiger partial charge is 0.254 e. The number of hydrogen-bond acceptors (Lipinski definition) is 2. The lowest BCUT2D eigenvalue weighted by molar-refractivity contribution is 0.563. The Morgan fingerprint density at radius 1 is 1.28 bits per heavy atom. The quantitative estimate of drug-likeness (QED) is 0.769. The van der Waals surface area contributed by atoms with Crippen LogP contribution in [0.1, 0.15) is 32.1 Å². The lowest BCUT2D eigenvalue weighted by atomic mass is 10.0. The lowest BCUT2D eigenvalue weighted by Crippen LogP contribution is -2.23. The van der Waals surface area contributed by atoms with Gasteiger partial charge in [0.05, 0.1) is 28.0 Å². The van der Waals surface area contributed by atoms with Gasteiger partial charge in [0.15, 0.2) is 0 Å². The van der Waals surface area contributed by atoms with E-state index in [0.717, 1.165) is 32.1 Å². The highest BCUT2D eigenvalue weighted by molar-refractivity contribution is 7.85. The van der Waals surface area contributed by atoms with E-state index in [-0.39, 0.29) is 17.0 Å². The van der Waals surface area contributed by atoms with Gasteiger partial charge < -0.3 is 0 Å². The third kappa shape index (κ3) is 2.97. The highest BCUT2D eigenvalue weighted by Crippen LogP contribution is 2.29. The minimum Gasteiger partial charge on any atom is -0.254 e. The molecule has 0 bridgehead atoms. The van der Waals surface area contributed by atoms with Crippen molar-refractivity contribution in [3.8, 4) is 6.07 Å². The second-order valence-corrected chi connectivity index (χ2v) is 6.34. The summed E-state index contributed by atoms with van der Waals surface area (Å²) < 4.78 is 25.6. The van der Waals surface area contributed by atoms with Gasteiger partial charge >= 0.3 is 0 Å². The van der Waals surface area contributed by atoms with Gasteiger partial charge in [-0.25, -0.2) is 4.39 Å². The van der Waals surface area contributed by atoms with Crippen LogP contribution in [0.15, 0.2) is 29.2 Å². The van der Waals surface area contributed by atoms with Crippen molar-refractivity contribution in [3.05, 3.63) is 30.1 Å². The Hall–Kier alpha value is -1.21. The Balaban J connectivity index is 2.23. The van der Waals surface area contributed by atoms with Crippen molar-refractivity contribution in [2.45, 2.75) is 42.2 Å². The fourth-order valence-corrected chi connectivity index (χ4v) is 4.11. The second kappa shape index (κ2) is 6.10. The van der Waals surface area contributed by atoms with E-state index in [1.165, 1.54) is 12.1 Å². The van der Waals surface area contributed by atoms with Crippen LogP contribution in [-0.2, 0) is 10.8 Å². The Morgan fingerprint density at radius 2 is 2.06 bits per heavy atom. The molecule has 4 heteroatoms. The average molecular weight is 265 g/mol. The molecule has 1 aliphatic rings. The minimum absolute atomic E-state index is 0.153. The second-order valence-electron chi connectivity index (χ2n) is 4.67. The zero-order valence-corrected chi connectivity index (χ0v) is 11.0. The summed E-state index contributed by atoms with van der Waals surface area (Å²) in [5.74, 6) is -0.542. The molecule has 1 aliphatic carbocycles. The van der Waals surface area contributed by atoms with E-state index < -0.39 is 10.8 Å². The van der Waals surface area contributed by atoms with Crippen LogP contribution in [0.4, 0.5) is 4.39 Å². The first kappa shape index (κ1) is 13.2. The first-order valence-electron chi connectivity index (χ1n) is 6.28. The predicted molar refractivity (Wildman–Crippen MR) is 68.8 cm³/mol. The summed E-state index contributed by atoms with van der Waals surface area (Å²) in [7, 11) is -1.28. The van der Waals surface area contributed by atoms with Gasteiger partial charge in [-0.05, 0) is 31.0 Å². The van der Waals surface area contributed by atoms with Crippen molar-refractivity contribution in [1.82, 2.24) is 0 Å². The number of halogens is 1. The molecule has 0 aliphatic heterocycles. The van der Waals surface area contributed by atoms with Crippen LogP contribution >= 0.6 is 0 Å². The van der Waals surface area contributed by atoms with Crippen molar-refractivity contribution < 1.29 is 8.60 Å². The van der Waals surface area contributed by atoms with Crippen molar-refractivity contribution in [2.75, 3.05) is 0 Å². The zero-order chi connectivity index (χ0) is 13.0. The maximum absolute atomic E-state index is 13.2. The maximum Gasteiger partial charge on any atom is 0.124 e. The Labute approximate surface area is 109 Å². The highest BCUT2D eigenvalue weighted by atomic mass is 32.2. The third-order valence-electron chi connectivity index (χ3n) is 3.42. The molecule has 0 N–H and O–H groups in total. The standard InChI is InChI=1S/C14H16FNOS/c15-12-6-4-7-13(9-12)18(17)14-8-3-1-2-5-11(14)10-16/h4,6-7,9,11,14H,1-3,5,8H2. The van der Waals surface area contributed by atoms with Crippen LogP contribution in [0.5, 0.6) is 0 Å². The van der Waals surface area contributed by atoms with Gasteiger partial charge in [-0.3, -0.25) is 4.21 Å². The van der Waals surface area contributed by atoms with E-state index in [0.29, 0.717) is 4.90 Å². The molecule has 2 rings (SSSR count). The molecule has 0 heterocycles. The molecule has 0 saturated heterocycles. The molecule has 0 radical (unpaired) electrons. The average Bonchev–Trinajstić information content (AvgIpc) is 2.62. The van der Waals surface area contributed by atoms with Crippen LogP contribution in [-0.4, -0.2) is 9.46 Å². The van der Waals surface area contributed by atoms with E-state index in [1.807, 2.05) is 0 Å². The molecular weight excluding hydrogens is 249 g/mol. The number of nitriles is 1. The van der Waals surface area contributed by atoms with Gasteiger partial charge in [0.1, 0.15) is 5.82 Å². The van der Waals surface area contributed by atoms with Crippen molar-refractivity contribution in [1.29, 1.82) is 5.26 Å². The molecule has 2 nitrogen and oxygen atoms in total. The molecule has 1 saturated carbocycles. The molecule has 0 amide bonds. The van der Waals surface area contributed by atoms with Gasteiger partial charge in [0.25, 0.3) is 0 Å². The molecule has 0 spiro atoms. The number of nitrogens with zero attached hydrogens (tertiary/aromatic N) is 1. The van der Waals surface area contributed by atoms with Gasteiger partial charge in [-0.2, -0.15) is 5.26 Å². The van der Waals surface area contributed by atoms with Gasteiger partial charge in [-0.15, -0.1) is 0 Å². The van der Waals surface area contributed by atoms with E-state index in [2.05, 4.69) is 6.07 Å². The number of benzene rings is 1. The van der Waals surface area contributed by atoms with Crippen molar-refractivity contribution in [2.24, 2.45) is 5.92 Å². The summed E-state index contributed by atoms with van der Waals surface area (Å²) in [4.78, 5) is 0.502. The van der Waals surface area contributed by atoms with Crippen molar-refractivity contribution >= 4 is 10.8 Å². The van der Waals surface area contributed by atoms with Crippen LogP contribution in [0.2, 0.25) is 0 Å². The molecule has 96 valence electrons. The minimum atomic E-state index is -1.28. The lowest BCUT2D eigenvalue weighted by Gasteiger charge is -2.18. The summed E-state index contributed by atoms with van der Waals surface area (Å²) >= 11 is 0. The van der Waals surface area contributed by atoms with E-state index in [9.17, 15) is 13.9 Å². The van der Waals surface area contributed by atoms with Gasteiger partial charge in [-0.1, -0.05) is 25.3 Å². The summed E-state index contributed by atoms with van der Waals surface area (Å²) in [5, 5.41) is 9.02. The summed E-state index contributed by atoms with van der Waals surface area (Å²) in [6.45, 7) is 0. The molecule has 1 aromatic rings. The topological polar surface area (TPSA) is 40.9 Å². The summed E-state index contributed by atoms with van der Waals surface area (Å²) in [5.41, 5.74) is 0. The fourth-order valence-electron chi connectivity index (χ4n) is 2.44. The van der Waals surface area contributed by atoms with E-state index in [1.54, 1.807) is 12.1 Å². The Kier molecular flexibility index (Phi) is 4.48. The smallest absolute Gasteiger partial charge is 0.124 e. The van der Waals surface area contributed by atoms with Crippen LogP contribution in [0.25, 0.3) is 0 Å². The van der Waals surface area contributed by atoms with Gasteiger partial charge in [0.2, 0.25) is 0 Å². The van der Waals surface area contributed by atoms with Crippen LogP contribution in [0.3, 0.4) is 0 Å². The van der Waals surface area contributed by atoms with E-state index >= 15 is 0 Å². The van der Waals surface area contributed by atoms with Crippen LogP contribution < -0.4 is 0 Å². The Bertz CT molecular complexity index is 483. The third-order valence-corrected chi connectivity index (χ3v) is 5.25. The molecule has 18 heavy (non-hydrogen) atoms. The summed E-state index contributed by atoms with van der Waals surface area (Å²) in [6, 6.07) is 8.18. The highest BCUT2D eigenvalue weighted by Gasteiger charge is 2.29. The molecule has 1 aromatic carbocycles. The Morgan fingerprint density at radius 3 is 2.78 bits per heavy atom. The molecule has 0 aromatic heterocycles. The molecular formula is C14H16FNOS. The summed E-state index contributed by atoms with van der Waals surface area (Å²) in [6.07, 6.45) is 4.72. The zero-order valence-electron chi connectivity index (χ0n) is 10.1. The molecule has 3 unspecified atom stereocenters. The molecule has 3 atom stereocenters. The van der Waals surface area contributed by atoms with Crippen LogP contribution in [0, 0.1) is 23.1 Å². The van der Waals surface area contributed by atoms with Gasteiger partial charge in [0, 0.05) is 4.90 Å². The SMILES string of the molecule is N#CC1CCCCCC1S(=O)c1cccc(F)c1. The van der Waals surface area contributed by atoms with Crippen molar-refractivity contribution in [3.63, 3.8) is 0 Å². The first-order chi connectivity index (χ1) is 8.72. The van der Waals surface area contributed by atoms with E-state index in [4.69, 9.17) is 0 Å². The monoisotopic (exact) mass is 265 g/mol. The predicted octanol–water partition coefficient (Wildman–Crippen LogP) is 3.41. The molecule has 1 fully saturated rings. The maximum atomic E-state index is 13.2. The number of rotatable bonds is 2. The number of hydrogen-bond donors (Lipinski definition) is 0. The normalized spacial score (nSPS) is 26.0.